The molecule has 0 radical (unpaired) electrons. The van der Waals surface area contributed by atoms with Crippen molar-refractivity contribution in [2.24, 2.45) is 0 Å². The highest BCUT2D eigenvalue weighted by Crippen LogP contribution is 2.26. The minimum absolute atomic E-state index is 0.115. The Hall–Kier alpha value is -2.48. The Morgan fingerprint density at radius 1 is 1.29 bits per heavy atom. The Kier molecular flexibility index (Phi) is 3.09. The number of aromatic carboxylic acids is 1. The van der Waals surface area contributed by atoms with Crippen LogP contribution in [0.4, 0.5) is 4.39 Å². The summed E-state index contributed by atoms with van der Waals surface area (Å²) in [5.74, 6) is -2.16. The number of nitrogens with zero attached hydrogens (tertiary/aromatic N) is 3. The topological polar surface area (TPSA) is 87.7 Å². The van der Waals surface area contributed by atoms with E-state index in [-0.39, 0.29) is 28.5 Å². The monoisotopic (exact) mass is 351 g/mol. The number of halogens is 2. The molecule has 0 amide bonds. The van der Waals surface area contributed by atoms with Crippen LogP contribution >= 0.6 is 15.9 Å². The highest BCUT2D eigenvalue weighted by Gasteiger charge is 2.15. The van der Waals surface area contributed by atoms with Crippen molar-refractivity contribution in [3.05, 3.63) is 46.3 Å². The lowest BCUT2D eigenvalue weighted by Crippen LogP contribution is -2.02. The molecular weight excluding hydrogens is 345 g/mol. The SMILES string of the molecule is O=C(O)c1cc(O)n2nc(-c3ccc(Br)cc3F)cc2n1. The van der Waals surface area contributed by atoms with Gasteiger partial charge < -0.3 is 10.2 Å². The van der Waals surface area contributed by atoms with Crippen LogP contribution in [0.2, 0.25) is 0 Å². The molecule has 0 fully saturated rings. The van der Waals surface area contributed by atoms with Gasteiger partial charge in [-0.05, 0) is 18.2 Å². The number of rotatable bonds is 2. The Balaban J connectivity index is 2.21. The molecule has 6 nitrogen and oxygen atoms in total. The first-order valence-corrected chi connectivity index (χ1v) is 6.53. The van der Waals surface area contributed by atoms with Gasteiger partial charge in [-0.25, -0.2) is 14.2 Å². The molecule has 2 N–H and O–H groups in total. The molecule has 0 aliphatic heterocycles. The minimum atomic E-state index is -1.27. The van der Waals surface area contributed by atoms with Crippen molar-refractivity contribution < 1.29 is 19.4 Å². The van der Waals surface area contributed by atoms with Crippen LogP contribution in [-0.4, -0.2) is 30.8 Å². The van der Waals surface area contributed by atoms with Gasteiger partial charge in [0.2, 0.25) is 5.88 Å². The maximum absolute atomic E-state index is 13.9. The molecule has 0 saturated heterocycles. The van der Waals surface area contributed by atoms with Gasteiger partial charge in [0.15, 0.2) is 11.3 Å². The number of aromatic nitrogens is 3. The molecule has 21 heavy (non-hydrogen) atoms. The lowest BCUT2D eigenvalue weighted by Gasteiger charge is -1.99. The van der Waals surface area contributed by atoms with Gasteiger partial charge in [0.25, 0.3) is 0 Å². The second kappa shape index (κ2) is 4.81. The normalized spacial score (nSPS) is 11.0. The average molecular weight is 352 g/mol. The fraction of sp³-hybridized carbons (Fsp3) is 0. The van der Waals surface area contributed by atoms with E-state index < -0.39 is 11.8 Å². The third-order valence-corrected chi connectivity index (χ3v) is 3.33. The molecule has 2 heterocycles. The molecule has 0 saturated carbocycles. The summed E-state index contributed by atoms with van der Waals surface area (Å²) < 4.78 is 15.5. The van der Waals surface area contributed by atoms with E-state index in [1.807, 2.05) is 0 Å². The maximum Gasteiger partial charge on any atom is 0.354 e. The molecule has 3 rings (SSSR count). The second-order valence-corrected chi connectivity index (χ2v) is 5.14. The number of hydrogen-bond donors (Lipinski definition) is 2. The molecule has 8 heteroatoms. The van der Waals surface area contributed by atoms with E-state index in [4.69, 9.17) is 5.11 Å². The van der Waals surface area contributed by atoms with E-state index in [0.717, 1.165) is 10.6 Å². The first kappa shape index (κ1) is 13.5. The molecule has 0 spiro atoms. The Morgan fingerprint density at radius 3 is 2.71 bits per heavy atom. The van der Waals surface area contributed by atoms with Gasteiger partial charge in [0, 0.05) is 22.2 Å². The van der Waals surface area contributed by atoms with Crippen molar-refractivity contribution in [1.82, 2.24) is 14.6 Å². The predicted octanol–water partition coefficient (Wildman–Crippen LogP) is 2.70. The van der Waals surface area contributed by atoms with Crippen LogP contribution in [0.15, 0.2) is 34.8 Å². The van der Waals surface area contributed by atoms with Crippen molar-refractivity contribution >= 4 is 27.5 Å². The maximum atomic E-state index is 13.9. The second-order valence-electron chi connectivity index (χ2n) is 4.23. The fourth-order valence-corrected chi connectivity index (χ4v) is 2.23. The third-order valence-electron chi connectivity index (χ3n) is 2.83. The Labute approximate surface area is 125 Å². The smallest absolute Gasteiger partial charge is 0.354 e. The van der Waals surface area contributed by atoms with Crippen molar-refractivity contribution in [3.63, 3.8) is 0 Å². The number of aromatic hydroxyl groups is 1. The van der Waals surface area contributed by atoms with Crippen molar-refractivity contribution in [1.29, 1.82) is 0 Å². The van der Waals surface area contributed by atoms with E-state index in [2.05, 4.69) is 26.0 Å². The number of benzene rings is 1. The molecular formula is C13H7BrFN3O3. The van der Waals surface area contributed by atoms with E-state index in [9.17, 15) is 14.3 Å². The minimum Gasteiger partial charge on any atom is -0.493 e. The molecule has 106 valence electrons. The lowest BCUT2D eigenvalue weighted by atomic mass is 10.1. The summed E-state index contributed by atoms with van der Waals surface area (Å²) >= 11 is 3.16. The van der Waals surface area contributed by atoms with Gasteiger partial charge >= 0.3 is 5.97 Å². The van der Waals surface area contributed by atoms with E-state index in [1.165, 1.54) is 18.2 Å². The zero-order valence-corrected chi connectivity index (χ0v) is 11.9. The average Bonchev–Trinajstić information content (AvgIpc) is 2.82. The van der Waals surface area contributed by atoms with Crippen LogP contribution in [0.3, 0.4) is 0 Å². The van der Waals surface area contributed by atoms with Crippen LogP contribution in [0, 0.1) is 5.82 Å². The van der Waals surface area contributed by atoms with Crippen LogP contribution in [0.25, 0.3) is 16.9 Å². The van der Waals surface area contributed by atoms with Crippen LogP contribution in [0.5, 0.6) is 5.88 Å². The summed E-state index contributed by atoms with van der Waals surface area (Å²) in [4.78, 5) is 14.7. The number of fused-ring (bicyclic) bond motifs is 1. The number of carbonyl (C=O) groups is 1. The van der Waals surface area contributed by atoms with Crippen LogP contribution < -0.4 is 0 Å². The highest BCUT2D eigenvalue weighted by atomic mass is 79.9. The van der Waals surface area contributed by atoms with Crippen LogP contribution in [0.1, 0.15) is 10.5 Å². The lowest BCUT2D eigenvalue weighted by molar-refractivity contribution is 0.0690. The van der Waals surface area contributed by atoms with E-state index in [1.54, 1.807) is 6.07 Å². The van der Waals surface area contributed by atoms with Gasteiger partial charge in [-0.2, -0.15) is 9.61 Å². The number of carboxylic acids is 1. The molecule has 3 aromatic rings. The molecule has 2 aromatic heterocycles. The van der Waals surface area contributed by atoms with E-state index >= 15 is 0 Å². The Morgan fingerprint density at radius 2 is 2.05 bits per heavy atom. The van der Waals surface area contributed by atoms with Gasteiger partial charge in [0.1, 0.15) is 5.82 Å². The quantitative estimate of drug-likeness (QED) is 0.741. The summed E-state index contributed by atoms with van der Waals surface area (Å²) in [6.07, 6.45) is 0. The first-order chi connectivity index (χ1) is 9.95. The summed E-state index contributed by atoms with van der Waals surface area (Å²) in [7, 11) is 0. The molecule has 0 aliphatic rings. The Bertz CT molecular complexity index is 878. The summed E-state index contributed by atoms with van der Waals surface area (Å²) in [6, 6.07) is 6.84. The fourth-order valence-electron chi connectivity index (χ4n) is 1.90. The summed E-state index contributed by atoms with van der Waals surface area (Å²) in [6.45, 7) is 0. The molecule has 0 aliphatic carbocycles. The molecule has 0 unspecified atom stereocenters. The zero-order valence-electron chi connectivity index (χ0n) is 10.3. The highest BCUT2D eigenvalue weighted by molar-refractivity contribution is 9.10. The van der Waals surface area contributed by atoms with Crippen molar-refractivity contribution in [2.45, 2.75) is 0 Å². The van der Waals surface area contributed by atoms with Crippen LogP contribution in [-0.2, 0) is 0 Å². The third kappa shape index (κ3) is 2.33. The summed E-state index contributed by atoms with van der Waals surface area (Å²) in [5, 5.41) is 22.7. The van der Waals surface area contributed by atoms with Gasteiger partial charge in [-0.15, -0.1) is 0 Å². The van der Waals surface area contributed by atoms with Crippen molar-refractivity contribution in [2.75, 3.05) is 0 Å². The molecule has 0 bridgehead atoms. The largest absolute Gasteiger partial charge is 0.493 e. The molecule has 1 aromatic carbocycles. The van der Waals surface area contributed by atoms with Gasteiger partial charge in [-0.3, -0.25) is 0 Å². The number of carboxylic acid groups (broad SMARTS) is 1. The predicted molar refractivity (Wildman–Crippen MR) is 74.7 cm³/mol. The molecule has 0 atom stereocenters. The zero-order chi connectivity index (χ0) is 15.1. The summed E-state index contributed by atoms with van der Waals surface area (Å²) in [5.41, 5.74) is 0.262. The number of hydrogen-bond acceptors (Lipinski definition) is 4. The van der Waals surface area contributed by atoms with E-state index in [0.29, 0.717) is 4.47 Å². The standard InChI is InChI=1S/C13H7BrFN3O3/c14-6-1-2-7(8(15)3-6)9-4-11-16-10(13(20)21)5-12(19)18(11)17-9/h1-5,19H,(H,20,21). The van der Waals surface area contributed by atoms with Crippen molar-refractivity contribution in [3.8, 4) is 17.1 Å². The first-order valence-electron chi connectivity index (χ1n) is 5.74. The van der Waals surface area contributed by atoms with Gasteiger partial charge in [0.05, 0.1) is 5.69 Å². The van der Waals surface area contributed by atoms with Gasteiger partial charge in [-0.1, -0.05) is 15.9 Å².